The van der Waals surface area contributed by atoms with Gasteiger partial charge in [0.15, 0.2) is 0 Å². The predicted molar refractivity (Wildman–Crippen MR) is 75.2 cm³/mol. The molecular formula is C8H28N6Si2. The van der Waals surface area contributed by atoms with Gasteiger partial charge in [0.2, 0.25) is 18.2 Å². The first-order chi connectivity index (χ1) is 7.25. The van der Waals surface area contributed by atoms with Crippen molar-refractivity contribution in [2.75, 3.05) is 42.3 Å². The molecule has 0 saturated heterocycles. The van der Waals surface area contributed by atoms with E-state index in [9.17, 15) is 0 Å². The van der Waals surface area contributed by atoms with Gasteiger partial charge >= 0.3 is 0 Å². The summed E-state index contributed by atoms with van der Waals surface area (Å²) in [5.41, 5.74) is 0. The molecule has 0 saturated carbocycles. The Bertz CT molecular complexity index is 173. The zero-order chi connectivity index (χ0) is 12.9. The SMILES string of the molecule is CN(C)N[SiH](C)N(N(C)C)[SiH](C)NN(C)C. The first kappa shape index (κ1) is 16.2. The Morgan fingerprint density at radius 2 is 1.00 bits per heavy atom. The highest BCUT2D eigenvalue weighted by molar-refractivity contribution is 6.68. The molecule has 0 aliphatic rings. The summed E-state index contributed by atoms with van der Waals surface area (Å²) in [7, 11) is 10.1. The van der Waals surface area contributed by atoms with Crippen LogP contribution >= 0.6 is 0 Å². The second kappa shape index (κ2) is 7.51. The third-order valence-corrected chi connectivity index (χ3v) is 9.12. The lowest BCUT2D eigenvalue weighted by Gasteiger charge is -2.40. The van der Waals surface area contributed by atoms with Crippen molar-refractivity contribution in [1.29, 1.82) is 0 Å². The minimum atomic E-state index is -1.14. The standard InChI is InChI=1S/C8H28N6Si2/c1-11(2)9-15(7)14(13(5)6)16(8)10-12(3)4/h9-10,15-16H,1-8H3. The van der Waals surface area contributed by atoms with Crippen molar-refractivity contribution in [2.45, 2.75) is 13.1 Å². The number of nitrogens with zero attached hydrogens (tertiary/aromatic N) is 4. The molecule has 0 heterocycles. The molecule has 16 heavy (non-hydrogen) atoms. The molecule has 2 unspecified atom stereocenters. The molecule has 98 valence electrons. The summed E-state index contributed by atoms with van der Waals surface area (Å²) in [5, 5.41) is 13.3. The molecule has 0 radical (unpaired) electrons. The van der Waals surface area contributed by atoms with E-state index in [1.54, 1.807) is 0 Å². The van der Waals surface area contributed by atoms with E-state index in [0.29, 0.717) is 0 Å². The van der Waals surface area contributed by atoms with Gasteiger partial charge in [-0.25, -0.2) is 0 Å². The molecule has 0 aromatic heterocycles. The van der Waals surface area contributed by atoms with Crippen LogP contribution in [-0.4, -0.2) is 79.9 Å². The van der Waals surface area contributed by atoms with Crippen molar-refractivity contribution in [2.24, 2.45) is 0 Å². The van der Waals surface area contributed by atoms with Crippen LogP contribution in [0.1, 0.15) is 0 Å². The number of hydrogen-bond acceptors (Lipinski definition) is 6. The van der Waals surface area contributed by atoms with Gasteiger partial charge in [0.05, 0.1) is 0 Å². The molecule has 2 N–H and O–H groups in total. The van der Waals surface area contributed by atoms with Crippen LogP contribution in [0, 0.1) is 0 Å². The summed E-state index contributed by atoms with van der Waals surface area (Å²) < 4.78 is 2.50. The van der Waals surface area contributed by atoms with Crippen molar-refractivity contribution in [3.05, 3.63) is 0 Å². The third kappa shape index (κ3) is 6.06. The van der Waals surface area contributed by atoms with Crippen LogP contribution in [0.5, 0.6) is 0 Å². The number of rotatable bonds is 7. The zero-order valence-electron chi connectivity index (χ0n) is 11.9. The Kier molecular flexibility index (Phi) is 7.60. The Morgan fingerprint density at radius 3 is 1.19 bits per heavy atom. The van der Waals surface area contributed by atoms with Gasteiger partial charge in [-0.3, -0.25) is 29.5 Å². The second-order valence-electron chi connectivity index (χ2n) is 4.63. The Balaban J connectivity index is 4.46. The van der Waals surface area contributed by atoms with Gasteiger partial charge in [-0.2, -0.15) is 0 Å². The van der Waals surface area contributed by atoms with E-state index in [1.807, 2.05) is 38.2 Å². The van der Waals surface area contributed by atoms with E-state index < -0.39 is 18.2 Å². The second-order valence-corrected chi connectivity index (χ2v) is 9.50. The minimum absolute atomic E-state index is 1.14. The molecule has 6 nitrogen and oxygen atoms in total. The fourth-order valence-corrected chi connectivity index (χ4v) is 8.09. The molecule has 2 atom stereocenters. The van der Waals surface area contributed by atoms with Gasteiger partial charge < -0.3 is 0 Å². The Labute approximate surface area is 104 Å². The van der Waals surface area contributed by atoms with E-state index in [-0.39, 0.29) is 0 Å². The summed E-state index contributed by atoms with van der Waals surface area (Å²) >= 11 is 0. The van der Waals surface area contributed by atoms with E-state index in [2.05, 4.69) is 46.7 Å². The maximum Gasteiger partial charge on any atom is 0.206 e. The highest BCUT2D eigenvalue weighted by Gasteiger charge is 2.25. The first-order valence-electron chi connectivity index (χ1n) is 5.58. The summed E-state index contributed by atoms with van der Waals surface area (Å²) in [5.74, 6) is 0. The van der Waals surface area contributed by atoms with Gasteiger partial charge in [-0.05, 0) is 13.1 Å². The van der Waals surface area contributed by atoms with E-state index in [4.69, 9.17) is 0 Å². The van der Waals surface area contributed by atoms with Gasteiger partial charge in [-0.1, -0.05) is 0 Å². The third-order valence-electron chi connectivity index (χ3n) is 2.15. The summed E-state index contributed by atoms with van der Waals surface area (Å²) in [6, 6.07) is 0. The summed E-state index contributed by atoms with van der Waals surface area (Å²) in [6.45, 7) is 4.61. The van der Waals surface area contributed by atoms with Gasteiger partial charge in [-0.15, -0.1) is 0 Å². The number of hydrazine groups is 3. The van der Waals surface area contributed by atoms with Crippen LogP contribution < -0.4 is 10.2 Å². The maximum absolute atomic E-state index is 3.51. The van der Waals surface area contributed by atoms with Crippen LogP contribution in [0.4, 0.5) is 0 Å². The van der Waals surface area contributed by atoms with Crippen LogP contribution in [0.3, 0.4) is 0 Å². The maximum atomic E-state index is 3.51. The normalized spacial score (nSPS) is 16.5. The van der Waals surface area contributed by atoms with Crippen LogP contribution in [0.15, 0.2) is 0 Å². The largest absolute Gasteiger partial charge is 0.264 e. The number of nitrogens with one attached hydrogen (secondary N) is 2. The predicted octanol–water partition coefficient (Wildman–Crippen LogP) is -1.40. The highest BCUT2D eigenvalue weighted by Crippen LogP contribution is 1.98. The quantitative estimate of drug-likeness (QED) is 0.435. The minimum Gasteiger partial charge on any atom is -0.264 e. The lowest BCUT2D eigenvalue weighted by molar-refractivity contribution is 0.189. The molecule has 8 heteroatoms. The molecule has 0 aliphatic carbocycles. The highest BCUT2D eigenvalue weighted by atomic mass is 28.4. The fourth-order valence-electron chi connectivity index (χ4n) is 1.89. The van der Waals surface area contributed by atoms with E-state index in [1.165, 1.54) is 0 Å². The summed E-state index contributed by atoms with van der Waals surface area (Å²) in [6.07, 6.45) is 0. The molecule has 0 bridgehead atoms. The van der Waals surface area contributed by atoms with Crippen LogP contribution in [0.25, 0.3) is 0 Å². The van der Waals surface area contributed by atoms with Crippen molar-refractivity contribution in [3.63, 3.8) is 0 Å². The smallest absolute Gasteiger partial charge is 0.206 e. The Hall–Kier alpha value is 0.194. The monoisotopic (exact) mass is 264 g/mol. The lowest BCUT2D eigenvalue weighted by Crippen LogP contribution is -2.67. The van der Waals surface area contributed by atoms with Crippen LogP contribution in [-0.2, 0) is 0 Å². The molecule has 0 spiro atoms. The average Bonchev–Trinajstić information content (AvgIpc) is 1.98. The molecule has 0 aliphatic heterocycles. The molecule has 0 amide bonds. The fraction of sp³-hybridized carbons (Fsp3) is 1.00. The van der Waals surface area contributed by atoms with E-state index in [0.717, 1.165) is 0 Å². The van der Waals surface area contributed by atoms with Crippen molar-refractivity contribution in [3.8, 4) is 0 Å². The van der Waals surface area contributed by atoms with Gasteiger partial charge in [0.25, 0.3) is 0 Å². The molecule has 0 fully saturated rings. The Morgan fingerprint density at radius 1 is 0.688 bits per heavy atom. The average molecular weight is 265 g/mol. The lowest BCUT2D eigenvalue weighted by atomic mass is 11.2. The van der Waals surface area contributed by atoms with Crippen molar-refractivity contribution < 1.29 is 0 Å². The molecule has 0 aromatic rings. The summed E-state index contributed by atoms with van der Waals surface area (Å²) in [4.78, 5) is 0. The molecule has 0 rings (SSSR count). The molecule has 0 aromatic carbocycles. The number of hydrogen-bond donors (Lipinski definition) is 2. The van der Waals surface area contributed by atoms with Crippen molar-refractivity contribution >= 4 is 18.2 Å². The molecular weight excluding hydrogens is 236 g/mol. The van der Waals surface area contributed by atoms with Gasteiger partial charge in [0.1, 0.15) is 0 Å². The van der Waals surface area contributed by atoms with Crippen LogP contribution in [0.2, 0.25) is 13.1 Å². The van der Waals surface area contributed by atoms with Crippen molar-refractivity contribution in [1.82, 2.24) is 29.5 Å². The van der Waals surface area contributed by atoms with Gasteiger partial charge in [0, 0.05) is 42.3 Å². The first-order valence-corrected chi connectivity index (χ1v) is 10.1. The zero-order valence-corrected chi connectivity index (χ0v) is 14.3. The topological polar surface area (TPSA) is 37.0 Å². The van der Waals surface area contributed by atoms with E-state index >= 15 is 0 Å².